The summed E-state index contributed by atoms with van der Waals surface area (Å²) < 4.78 is 38.8. The van der Waals surface area contributed by atoms with Gasteiger partial charge in [-0.15, -0.1) is 0 Å². The maximum absolute atomic E-state index is 13.4. The first-order valence-electron chi connectivity index (χ1n) is 9.61. The van der Waals surface area contributed by atoms with E-state index < -0.39 is 17.2 Å². The van der Waals surface area contributed by atoms with Gasteiger partial charge in [0, 0.05) is 19.0 Å². The lowest BCUT2D eigenvalue weighted by molar-refractivity contribution is -0.138. The predicted octanol–water partition coefficient (Wildman–Crippen LogP) is 4.20. The van der Waals surface area contributed by atoms with Crippen molar-refractivity contribution in [3.05, 3.63) is 71.3 Å². The normalized spacial score (nSPS) is 22.0. The van der Waals surface area contributed by atoms with E-state index in [0.717, 1.165) is 36.3 Å². The maximum Gasteiger partial charge on any atom is 0.416 e. The van der Waals surface area contributed by atoms with Gasteiger partial charge in [0.1, 0.15) is 0 Å². The van der Waals surface area contributed by atoms with Gasteiger partial charge in [0.15, 0.2) is 0 Å². The van der Waals surface area contributed by atoms with Gasteiger partial charge in [0.05, 0.1) is 11.0 Å². The summed E-state index contributed by atoms with van der Waals surface area (Å²) in [7, 11) is 0. The highest BCUT2D eigenvalue weighted by Crippen LogP contribution is 2.50. The zero-order valence-corrected chi connectivity index (χ0v) is 15.5. The van der Waals surface area contributed by atoms with Gasteiger partial charge in [-0.25, -0.2) is 0 Å². The molecule has 0 aromatic heterocycles. The number of hydrogen-bond acceptors (Lipinski definition) is 2. The zero-order valence-electron chi connectivity index (χ0n) is 15.5. The molecule has 2 saturated heterocycles. The van der Waals surface area contributed by atoms with Crippen LogP contribution < -0.4 is 5.32 Å². The van der Waals surface area contributed by atoms with Crippen LogP contribution in [0, 0.1) is 5.41 Å². The van der Waals surface area contributed by atoms with Gasteiger partial charge in [-0.3, -0.25) is 4.79 Å². The molecule has 4 rings (SSSR count). The minimum atomic E-state index is -4.35. The van der Waals surface area contributed by atoms with Crippen LogP contribution in [-0.2, 0) is 17.5 Å². The summed E-state index contributed by atoms with van der Waals surface area (Å²) in [4.78, 5) is 15.3. The number of likely N-dealkylation sites (tertiary alicyclic amines) is 1. The van der Waals surface area contributed by atoms with Gasteiger partial charge >= 0.3 is 6.18 Å². The van der Waals surface area contributed by atoms with Crippen LogP contribution in [0.2, 0.25) is 0 Å². The third-order valence-corrected chi connectivity index (χ3v) is 6.14. The Hall–Kier alpha value is -2.34. The van der Waals surface area contributed by atoms with E-state index in [1.54, 1.807) is 12.1 Å². The molecular formula is C22H23F3N2O. The van der Waals surface area contributed by atoms with Crippen LogP contribution in [0.4, 0.5) is 13.2 Å². The Morgan fingerprint density at radius 3 is 2.25 bits per heavy atom. The molecule has 1 unspecified atom stereocenters. The molecule has 2 heterocycles. The third kappa shape index (κ3) is 3.41. The minimum absolute atomic E-state index is 0.0897. The summed E-state index contributed by atoms with van der Waals surface area (Å²) in [6.45, 7) is 2.58. The van der Waals surface area contributed by atoms with Crippen molar-refractivity contribution in [2.45, 2.75) is 31.5 Å². The summed E-state index contributed by atoms with van der Waals surface area (Å²) in [6.07, 6.45) is -2.93. The maximum atomic E-state index is 13.4. The van der Waals surface area contributed by atoms with E-state index in [2.05, 4.69) is 5.32 Å². The van der Waals surface area contributed by atoms with Gasteiger partial charge in [-0.2, -0.15) is 13.2 Å². The summed E-state index contributed by atoms with van der Waals surface area (Å²) in [5, 5.41) is 3.30. The lowest BCUT2D eigenvalue weighted by Gasteiger charge is -2.37. The third-order valence-electron chi connectivity index (χ3n) is 6.14. The number of carbonyl (C=O) groups is 1. The van der Waals surface area contributed by atoms with Gasteiger partial charge in [0.2, 0.25) is 5.91 Å². The second-order valence-corrected chi connectivity index (χ2v) is 7.75. The molecule has 1 amide bonds. The summed E-state index contributed by atoms with van der Waals surface area (Å²) in [6, 6.07) is 15.2. The lowest BCUT2D eigenvalue weighted by Crippen LogP contribution is -2.44. The molecule has 6 heteroatoms. The van der Waals surface area contributed by atoms with E-state index in [4.69, 9.17) is 0 Å². The second kappa shape index (κ2) is 7.24. The number of rotatable bonds is 3. The standard InChI is InChI=1S/C22H23F3N2O/c23-22(24,25)18-8-6-17(7-9-18)19-15-27(14-16-4-2-1-3-5-16)20(28)21(19)10-12-26-13-11-21/h1-9,19,26H,10-15H2. The first-order valence-corrected chi connectivity index (χ1v) is 9.61. The van der Waals surface area contributed by atoms with Crippen molar-refractivity contribution in [2.75, 3.05) is 19.6 Å². The number of amides is 1. The van der Waals surface area contributed by atoms with E-state index in [9.17, 15) is 18.0 Å². The molecule has 148 valence electrons. The number of halogens is 3. The fourth-order valence-electron chi connectivity index (χ4n) is 4.65. The van der Waals surface area contributed by atoms with E-state index in [1.165, 1.54) is 0 Å². The van der Waals surface area contributed by atoms with Crippen molar-refractivity contribution >= 4 is 5.91 Å². The molecule has 3 nitrogen and oxygen atoms in total. The minimum Gasteiger partial charge on any atom is -0.337 e. The summed E-state index contributed by atoms with van der Waals surface area (Å²) in [5.41, 5.74) is 0.702. The highest BCUT2D eigenvalue weighted by Gasteiger charge is 2.54. The van der Waals surface area contributed by atoms with Gasteiger partial charge < -0.3 is 10.2 Å². The fraction of sp³-hybridized carbons (Fsp3) is 0.409. The monoisotopic (exact) mass is 388 g/mol. The molecule has 0 aliphatic carbocycles. The summed E-state index contributed by atoms with van der Waals surface area (Å²) >= 11 is 0. The number of hydrogen-bond donors (Lipinski definition) is 1. The molecule has 2 aromatic carbocycles. The Morgan fingerprint density at radius 1 is 1.00 bits per heavy atom. The Morgan fingerprint density at radius 2 is 1.64 bits per heavy atom. The zero-order chi connectivity index (χ0) is 19.8. The SMILES string of the molecule is O=C1N(Cc2ccccc2)CC(c2ccc(C(F)(F)F)cc2)C12CCNCC2. The van der Waals surface area contributed by atoms with Crippen LogP contribution in [0.25, 0.3) is 0 Å². The highest BCUT2D eigenvalue weighted by atomic mass is 19.4. The van der Waals surface area contributed by atoms with Gasteiger partial charge in [0.25, 0.3) is 0 Å². The largest absolute Gasteiger partial charge is 0.416 e. The highest BCUT2D eigenvalue weighted by molar-refractivity contribution is 5.87. The molecule has 1 N–H and O–H groups in total. The van der Waals surface area contributed by atoms with Crippen molar-refractivity contribution in [3.63, 3.8) is 0 Å². The van der Waals surface area contributed by atoms with Crippen molar-refractivity contribution in [1.29, 1.82) is 0 Å². The smallest absolute Gasteiger partial charge is 0.337 e. The van der Waals surface area contributed by atoms with Crippen LogP contribution in [0.5, 0.6) is 0 Å². The lowest BCUT2D eigenvalue weighted by atomic mass is 9.68. The van der Waals surface area contributed by atoms with Gasteiger partial charge in [-0.05, 0) is 49.2 Å². The van der Waals surface area contributed by atoms with E-state index in [1.807, 2.05) is 35.2 Å². The number of piperidine rings is 1. The van der Waals surface area contributed by atoms with Crippen LogP contribution >= 0.6 is 0 Å². The van der Waals surface area contributed by atoms with Crippen molar-refractivity contribution in [1.82, 2.24) is 10.2 Å². The Kier molecular flexibility index (Phi) is 4.91. The molecule has 2 aromatic rings. The van der Waals surface area contributed by atoms with Crippen LogP contribution in [-0.4, -0.2) is 30.4 Å². The van der Waals surface area contributed by atoms with Crippen molar-refractivity contribution in [3.8, 4) is 0 Å². The van der Waals surface area contributed by atoms with Crippen LogP contribution in [0.3, 0.4) is 0 Å². The number of nitrogens with one attached hydrogen (secondary N) is 1. The predicted molar refractivity (Wildman–Crippen MR) is 101 cm³/mol. The quantitative estimate of drug-likeness (QED) is 0.855. The fourth-order valence-corrected chi connectivity index (χ4v) is 4.65. The Labute approximate surface area is 162 Å². The molecule has 1 spiro atoms. The molecule has 2 aliphatic heterocycles. The molecule has 1 atom stereocenters. The second-order valence-electron chi connectivity index (χ2n) is 7.75. The molecule has 2 fully saturated rings. The molecule has 2 aliphatic rings. The van der Waals surface area contributed by atoms with E-state index >= 15 is 0 Å². The van der Waals surface area contributed by atoms with E-state index in [-0.39, 0.29) is 11.8 Å². The van der Waals surface area contributed by atoms with Crippen molar-refractivity contribution < 1.29 is 18.0 Å². The van der Waals surface area contributed by atoms with E-state index in [0.29, 0.717) is 25.9 Å². The Bertz CT molecular complexity index is 827. The topological polar surface area (TPSA) is 32.3 Å². The first kappa shape index (κ1) is 19.0. The van der Waals surface area contributed by atoms with Gasteiger partial charge in [-0.1, -0.05) is 42.5 Å². The number of carbonyl (C=O) groups excluding carboxylic acids is 1. The molecule has 0 radical (unpaired) electrons. The molecule has 0 saturated carbocycles. The summed E-state index contributed by atoms with van der Waals surface area (Å²) in [5.74, 6) is 0.0378. The molecule has 0 bridgehead atoms. The van der Waals surface area contributed by atoms with Crippen LogP contribution in [0.15, 0.2) is 54.6 Å². The van der Waals surface area contributed by atoms with Crippen LogP contribution in [0.1, 0.15) is 35.4 Å². The average molecular weight is 388 g/mol. The number of nitrogens with zero attached hydrogens (tertiary/aromatic N) is 1. The number of benzene rings is 2. The Balaban J connectivity index is 1.65. The number of alkyl halides is 3. The molecular weight excluding hydrogens is 365 g/mol. The molecule has 28 heavy (non-hydrogen) atoms. The average Bonchev–Trinajstić information content (AvgIpc) is 2.95. The van der Waals surface area contributed by atoms with Crippen molar-refractivity contribution in [2.24, 2.45) is 5.41 Å². The first-order chi connectivity index (χ1) is 13.4.